The van der Waals surface area contributed by atoms with Crippen LogP contribution in [0.4, 0.5) is 29.1 Å². The number of aromatic nitrogens is 4. The summed E-state index contributed by atoms with van der Waals surface area (Å²) in [6, 6.07) is 8.27. The van der Waals surface area contributed by atoms with Gasteiger partial charge in [-0.25, -0.2) is 4.39 Å². The van der Waals surface area contributed by atoms with Crippen molar-refractivity contribution in [1.29, 1.82) is 0 Å². The van der Waals surface area contributed by atoms with Gasteiger partial charge in [0.25, 0.3) is 5.78 Å². The molecule has 1 aliphatic rings. The van der Waals surface area contributed by atoms with Crippen molar-refractivity contribution in [2.45, 2.75) is 46.2 Å². The SMILES string of the molecule is Cc1nnc2nc(N3CCCCc4c(C#CC(C)(C)C(F)(F)F)cccc43)c3c(Cl)c(F)ccc3n12. The van der Waals surface area contributed by atoms with Gasteiger partial charge in [0.05, 0.1) is 15.9 Å². The van der Waals surface area contributed by atoms with E-state index in [4.69, 9.17) is 16.6 Å². The molecule has 4 aromatic rings. The van der Waals surface area contributed by atoms with E-state index in [9.17, 15) is 17.6 Å². The summed E-state index contributed by atoms with van der Waals surface area (Å²) < 4.78 is 56.5. The third-order valence-corrected chi connectivity index (χ3v) is 6.90. The molecule has 3 heterocycles. The predicted octanol–water partition coefficient (Wildman–Crippen LogP) is 6.79. The maximum absolute atomic E-state index is 14.6. The highest BCUT2D eigenvalue weighted by molar-refractivity contribution is 6.36. The fourth-order valence-corrected chi connectivity index (χ4v) is 4.65. The predicted molar refractivity (Wildman–Crippen MR) is 131 cm³/mol. The maximum atomic E-state index is 14.6. The van der Waals surface area contributed by atoms with E-state index >= 15 is 0 Å². The molecule has 10 heteroatoms. The fraction of sp³-hybridized carbons (Fsp3) is 0.346. The molecule has 0 aliphatic carbocycles. The zero-order chi connectivity index (χ0) is 25.8. The van der Waals surface area contributed by atoms with Gasteiger partial charge in [0.1, 0.15) is 22.9 Å². The van der Waals surface area contributed by atoms with E-state index in [0.717, 1.165) is 37.9 Å². The molecule has 0 fully saturated rings. The molecule has 0 atom stereocenters. The minimum absolute atomic E-state index is 0.0707. The fourth-order valence-electron chi connectivity index (χ4n) is 4.41. The Balaban J connectivity index is 1.74. The normalized spacial score (nSPS) is 14.5. The number of halogens is 5. The molecule has 0 N–H and O–H groups in total. The topological polar surface area (TPSA) is 46.3 Å². The van der Waals surface area contributed by atoms with Gasteiger partial charge in [-0.1, -0.05) is 29.5 Å². The van der Waals surface area contributed by atoms with Crippen LogP contribution < -0.4 is 4.90 Å². The average molecular weight is 516 g/mol. The van der Waals surface area contributed by atoms with Crippen LogP contribution in [0.3, 0.4) is 0 Å². The van der Waals surface area contributed by atoms with Gasteiger partial charge in [0.2, 0.25) is 0 Å². The lowest BCUT2D eigenvalue weighted by Gasteiger charge is -2.26. The largest absolute Gasteiger partial charge is 0.404 e. The van der Waals surface area contributed by atoms with E-state index in [-0.39, 0.29) is 5.02 Å². The Bertz CT molecular complexity index is 1560. The molecule has 5 rings (SSSR count). The number of fused-ring (bicyclic) bond motifs is 4. The Hall–Kier alpha value is -3.38. The number of hydrogen-bond acceptors (Lipinski definition) is 4. The van der Waals surface area contributed by atoms with Gasteiger partial charge in [-0.2, -0.15) is 18.2 Å². The van der Waals surface area contributed by atoms with Crippen molar-refractivity contribution in [3.8, 4) is 11.8 Å². The van der Waals surface area contributed by atoms with Crippen LogP contribution in [0.2, 0.25) is 5.02 Å². The molecule has 2 aromatic carbocycles. The van der Waals surface area contributed by atoms with Gasteiger partial charge in [-0.15, -0.1) is 10.2 Å². The number of hydrogen-bond donors (Lipinski definition) is 0. The number of alkyl halides is 3. The van der Waals surface area contributed by atoms with Crippen LogP contribution >= 0.6 is 11.6 Å². The molecule has 0 saturated carbocycles. The summed E-state index contributed by atoms with van der Waals surface area (Å²) in [6.45, 7) is 4.45. The molecular weight excluding hydrogens is 494 g/mol. The molecule has 0 bridgehead atoms. The minimum Gasteiger partial charge on any atom is -0.325 e. The Morgan fingerprint density at radius 1 is 1.06 bits per heavy atom. The van der Waals surface area contributed by atoms with E-state index < -0.39 is 17.4 Å². The highest BCUT2D eigenvalue weighted by atomic mass is 35.5. The lowest BCUT2D eigenvalue weighted by Crippen LogP contribution is -2.30. The number of anilines is 2. The van der Waals surface area contributed by atoms with Crippen LogP contribution in [0.25, 0.3) is 16.7 Å². The van der Waals surface area contributed by atoms with Gasteiger partial charge in [0.15, 0.2) is 0 Å². The van der Waals surface area contributed by atoms with Gasteiger partial charge < -0.3 is 4.90 Å². The van der Waals surface area contributed by atoms with Crippen molar-refractivity contribution in [3.63, 3.8) is 0 Å². The summed E-state index contributed by atoms with van der Waals surface area (Å²) >= 11 is 6.49. The van der Waals surface area contributed by atoms with Gasteiger partial charge in [-0.3, -0.25) is 4.40 Å². The molecule has 2 aromatic heterocycles. The van der Waals surface area contributed by atoms with E-state index in [2.05, 4.69) is 22.0 Å². The summed E-state index contributed by atoms with van der Waals surface area (Å²) in [5.41, 5.74) is 0.550. The Labute approximate surface area is 210 Å². The summed E-state index contributed by atoms with van der Waals surface area (Å²) in [6.07, 6.45) is -2.23. The van der Waals surface area contributed by atoms with E-state index in [1.54, 1.807) is 29.5 Å². The van der Waals surface area contributed by atoms with Crippen molar-refractivity contribution in [2.75, 3.05) is 11.4 Å². The van der Waals surface area contributed by atoms with E-state index in [1.165, 1.54) is 6.07 Å². The van der Waals surface area contributed by atoms with Crippen LogP contribution in [0, 0.1) is 30.0 Å². The van der Waals surface area contributed by atoms with E-state index in [1.807, 2.05) is 11.0 Å². The molecule has 186 valence electrons. The Morgan fingerprint density at radius 3 is 2.58 bits per heavy atom. The summed E-state index contributed by atoms with van der Waals surface area (Å²) in [7, 11) is 0. The lowest BCUT2D eigenvalue weighted by atomic mass is 9.92. The van der Waals surface area contributed by atoms with Crippen LogP contribution in [0.15, 0.2) is 30.3 Å². The second-order valence-corrected chi connectivity index (χ2v) is 9.74. The summed E-state index contributed by atoms with van der Waals surface area (Å²) in [4.78, 5) is 6.65. The molecule has 0 amide bonds. The zero-order valence-corrected chi connectivity index (χ0v) is 20.6. The number of aryl methyl sites for hydroxylation is 1. The first-order chi connectivity index (χ1) is 17.0. The smallest absolute Gasteiger partial charge is 0.325 e. The second-order valence-electron chi connectivity index (χ2n) is 9.36. The molecule has 1 aliphatic heterocycles. The first-order valence-corrected chi connectivity index (χ1v) is 11.9. The monoisotopic (exact) mass is 515 g/mol. The zero-order valence-electron chi connectivity index (χ0n) is 19.8. The number of nitrogens with zero attached hydrogens (tertiary/aromatic N) is 5. The standard InChI is InChI=1S/C26H22ClF4N5/c1-15-33-34-24-32-23(21-20(36(15)24)11-10-18(28)22(21)27)35-14-5-4-8-17-16(7-6-9-19(17)35)12-13-25(2,3)26(29,30)31/h6-7,9-11H,4-5,8,14H2,1-3H3. The molecule has 0 spiro atoms. The molecule has 0 unspecified atom stereocenters. The quantitative estimate of drug-likeness (QED) is 0.207. The molecular formula is C26H22ClF4N5. The number of rotatable bonds is 1. The summed E-state index contributed by atoms with van der Waals surface area (Å²) in [5.74, 6) is 5.95. The van der Waals surface area contributed by atoms with Crippen LogP contribution in [-0.4, -0.2) is 32.3 Å². The number of benzene rings is 2. The first kappa shape index (κ1) is 24.3. The molecule has 5 nitrogen and oxygen atoms in total. The lowest BCUT2D eigenvalue weighted by molar-refractivity contribution is -0.190. The van der Waals surface area contributed by atoms with Crippen LogP contribution in [-0.2, 0) is 6.42 Å². The van der Waals surface area contributed by atoms with Gasteiger partial charge >= 0.3 is 6.18 Å². The Kier molecular flexibility index (Phi) is 5.83. The maximum Gasteiger partial charge on any atom is 0.404 e. The average Bonchev–Trinajstić information content (AvgIpc) is 3.06. The van der Waals surface area contributed by atoms with Crippen LogP contribution in [0.1, 0.15) is 43.6 Å². The van der Waals surface area contributed by atoms with Crippen molar-refractivity contribution in [1.82, 2.24) is 19.6 Å². The Morgan fingerprint density at radius 2 is 1.83 bits per heavy atom. The van der Waals surface area contributed by atoms with Crippen molar-refractivity contribution in [2.24, 2.45) is 5.41 Å². The highest BCUT2D eigenvalue weighted by Gasteiger charge is 2.46. The molecule has 0 radical (unpaired) electrons. The second kappa shape index (κ2) is 8.63. The minimum atomic E-state index is -4.45. The third kappa shape index (κ3) is 3.94. The van der Waals surface area contributed by atoms with Crippen molar-refractivity contribution in [3.05, 3.63) is 58.1 Å². The van der Waals surface area contributed by atoms with Crippen molar-refractivity contribution < 1.29 is 17.6 Å². The van der Waals surface area contributed by atoms with Gasteiger partial charge in [0, 0.05) is 17.8 Å². The first-order valence-electron chi connectivity index (χ1n) is 11.5. The molecule has 0 saturated heterocycles. The molecule has 36 heavy (non-hydrogen) atoms. The van der Waals surface area contributed by atoms with Gasteiger partial charge in [-0.05, 0) is 69.9 Å². The van der Waals surface area contributed by atoms with Crippen molar-refractivity contribution >= 4 is 39.8 Å². The highest BCUT2D eigenvalue weighted by Crippen LogP contribution is 2.41. The van der Waals surface area contributed by atoms with Crippen LogP contribution in [0.5, 0.6) is 0 Å². The summed E-state index contributed by atoms with van der Waals surface area (Å²) in [5, 5.41) is 8.62. The third-order valence-electron chi connectivity index (χ3n) is 6.53. The van der Waals surface area contributed by atoms with E-state index in [0.29, 0.717) is 46.9 Å².